The summed E-state index contributed by atoms with van der Waals surface area (Å²) in [6.45, 7) is 3.57. The predicted octanol–water partition coefficient (Wildman–Crippen LogP) is 5.30. The maximum Gasteiger partial charge on any atom is 0.311 e. The molecule has 152 valence electrons. The zero-order valence-electron chi connectivity index (χ0n) is 16.7. The number of hydrogen-bond donors (Lipinski definition) is 1. The van der Waals surface area contributed by atoms with Crippen LogP contribution in [0.5, 0.6) is 5.75 Å². The Morgan fingerprint density at radius 1 is 1.13 bits per heavy atom. The van der Waals surface area contributed by atoms with Crippen molar-refractivity contribution >= 4 is 28.3 Å². The standard InChI is InChI=1S/C24H21FN2O3/c1-3-6-23(28)30-22-12-9-16(14-26)13-21(22)27-24(29)15(2)17-10-11-20(25)19-8-5-4-7-18(17)19/h4-5,7-13,15H,3,6H2,1-2H3,(H,27,29). The van der Waals surface area contributed by atoms with Gasteiger partial charge in [-0.25, -0.2) is 4.39 Å². The van der Waals surface area contributed by atoms with Crippen molar-refractivity contribution < 1.29 is 18.7 Å². The average molecular weight is 404 g/mol. The van der Waals surface area contributed by atoms with Gasteiger partial charge >= 0.3 is 5.97 Å². The number of ether oxygens (including phenoxy) is 1. The summed E-state index contributed by atoms with van der Waals surface area (Å²) in [5.74, 6) is -1.57. The van der Waals surface area contributed by atoms with Gasteiger partial charge in [-0.1, -0.05) is 37.3 Å². The highest BCUT2D eigenvalue weighted by Crippen LogP contribution is 2.31. The van der Waals surface area contributed by atoms with E-state index >= 15 is 0 Å². The molecule has 0 spiro atoms. The van der Waals surface area contributed by atoms with Crippen molar-refractivity contribution in [1.29, 1.82) is 5.26 Å². The van der Waals surface area contributed by atoms with Gasteiger partial charge in [0.15, 0.2) is 5.75 Å². The van der Waals surface area contributed by atoms with Crippen LogP contribution in [0.1, 0.15) is 43.7 Å². The van der Waals surface area contributed by atoms with Gasteiger partial charge in [0.1, 0.15) is 5.82 Å². The number of anilines is 1. The van der Waals surface area contributed by atoms with Gasteiger partial charge < -0.3 is 10.1 Å². The van der Waals surface area contributed by atoms with Crippen molar-refractivity contribution in [1.82, 2.24) is 0 Å². The summed E-state index contributed by atoms with van der Waals surface area (Å²) in [6.07, 6.45) is 0.872. The van der Waals surface area contributed by atoms with Gasteiger partial charge in [-0.05, 0) is 48.6 Å². The number of hydrogen-bond acceptors (Lipinski definition) is 4. The largest absolute Gasteiger partial charge is 0.424 e. The Bertz CT molecular complexity index is 1150. The van der Waals surface area contributed by atoms with E-state index in [0.29, 0.717) is 28.3 Å². The Morgan fingerprint density at radius 2 is 1.87 bits per heavy atom. The van der Waals surface area contributed by atoms with Crippen molar-refractivity contribution in [3.63, 3.8) is 0 Å². The number of carbonyl (C=O) groups excluding carboxylic acids is 2. The van der Waals surface area contributed by atoms with Gasteiger partial charge in [0.2, 0.25) is 5.91 Å². The molecule has 30 heavy (non-hydrogen) atoms. The molecule has 3 aromatic rings. The molecule has 0 aliphatic rings. The minimum absolute atomic E-state index is 0.178. The van der Waals surface area contributed by atoms with Crippen LogP contribution < -0.4 is 10.1 Å². The second-order valence-corrected chi connectivity index (χ2v) is 6.94. The molecule has 0 heterocycles. The summed E-state index contributed by atoms with van der Waals surface area (Å²) >= 11 is 0. The van der Waals surface area contributed by atoms with Crippen molar-refractivity contribution in [3.8, 4) is 11.8 Å². The highest BCUT2D eigenvalue weighted by atomic mass is 19.1. The molecular formula is C24H21FN2O3. The van der Waals surface area contributed by atoms with Crippen LogP contribution in [-0.4, -0.2) is 11.9 Å². The first-order valence-corrected chi connectivity index (χ1v) is 9.67. The zero-order chi connectivity index (χ0) is 21.7. The molecular weight excluding hydrogens is 383 g/mol. The monoisotopic (exact) mass is 404 g/mol. The fourth-order valence-electron chi connectivity index (χ4n) is 3.21. The van der Waals surface area contributed by atoms with E-state index in [2.05, 4.69) is 5.32 Å². The fourth-order valence-corrected chi connectivity index (χ4v) is 3.21. The van der Waals surface area contributed by atoms with Crippen LogP contribution in [0.25, 0.3) is 10.8 Å². The molecule has 6 heteroatoms. The highest BCUT2D eigenvalue weighted by molar-refractivity contribution is 6.00. The van der Waals surface area contributed by atoms with Crippen LogP contribution in [0.4, 0.5) is 10.1 Å². The summed E-state index contributed by atoms with van der Waals surface area (Å²) in [6, 6.07) is 16.4. The lowest BCUT2D eigenvalue weighted by atomic mass is 9.93. The molecule has 0 saturated heterocycles. The van der Waals surface area contributed by atoms with Crippen LogP contribution in [0.15, 0.2) is 54.6 Å². The van der Waals surface area contributed by atoms with E-state index < -0.39 is 11.9 Å². The van der Waals surface area contributed by atoms with Crippen molar-refractivity contribution in [2.24, 2.45) is 0 Å². The molecule has 5 nitrogen and oxygen atoms in total. The number of nitriles is 1. The quantitative estimate of drug-likeness (QED) is 0.447. The number of fused-ring (bicyclic) bond motifs is 1. The van der Waals surface area contributed by atoms with Crippen molar-refractivity contribution in [3.05, 3.63) is 71.5 Å². The van der Waals surface area contributed by atoms with E-state index in [9.17, 15) is 19.2 Å². The average Bonchev–Trinajstić information content (AvgIpc) is 2.75. The molecule has 0 aromatic heterocycles. The summed E-state index contributed by atoms with van der Waals surface area (Å²) in [5.41, 5.74) is 1.23. The molecule has 3 rings (SSSR count). The molecule has 3 aromatic carbocycles. The second-order valence-electron chi connectivity index (χ2n) is 6.94. The molecule has 1 N–H and O–H groups in total. The van der Waals surface area contributed by atoms with E-state index in [4.69, 9.17) is 4.74 Å². The van der Waals surface area contributed by atoms with Crippen molar-refractivity contribution in [2.45, 2.75) is 32.6 Å². The first kappa shape index (κ1) is 21.0. The molecule has 0 saturated carbocycles. The fraction of sp³-hybridized carbons (Fsp3) is 0.208. The van der Waals surface area contributed by atoms with Crippen molar-refractivity contribution in [2.75, 3.05) is 5.32 Å². The number of halogens is 1. The molecule has 0 radical (unpaired) electrons. The number of rotatable bonds is 6. The van der Waals surface area contributed by atoms with Gasteiger partial charge in [-0.2, -0.15) is 5.26 Å². The van der Waals surface area contributed by atoms with Crippen LogP contribution in [0.2, 0.25) is 0 Å². The number of nitrogens with zero attached hydrogens (tertiary/aromatic N) is 1. The molecule has 0 aliphatic heterocycles. The van der Waals surface area contributed by atoms with Gasteiger partial charge in [0.25, 0.3) is 0 Å². The maximum atomic E-state index is 14.1. The van der Waals surface area contributed by atoms with E-state index in [-0.39, 0.29) is 29.6 Å². The van der Waals surface area contributed by atoms with E-state index in [1.54, 1.807) is 37.3 Å². The van der Waals surface area contributed by atoms with Gasteiger partial charge in [-0.3, -0.25) is 9.59 Å². The summed E-state index contributed by atoms with van der Waals surface area (Å²) < 4.78 is 19.5. The Kier molecular flexibility index (Phi) is 6.43. The lowest BCUT2D eigenvalue weighted by Gasteiger charge is -2.17. The summed E-state index contributed by atoms with van der Waals surface area (Å²) in [7, 11) is 0. The summed E-state index contributed by atoms with van der Waals surface area (Å²) in [5, 5.41) is 13.0. The third kappa shape index (κ3) is 4.47. The number of benzene rings is 3. The van der Waals surface area contributed by atoms with Crippen LogP contribution in [-0.2, 0) is 9.59 Å². The van der Waals surface area contributed by atoms with E-state index in [1.807, 2.05) is 13.0 Å². The summed E-state index contributed by atoms with van der Waals surface area (Å²) in [4.78, 5) is 24.9. The molecule has 0 aliphatic carbocycles. The highest BCUT2D eigenvalue weighted by Gasteiger charge is 2.21. The van der Waals surface area contributed by atoms with Crippen LogP contribution >= 0.6 is 0 Å². The SMILES string of the molecule is CCCC(=O)Oc1ccc(C#N)cc1NC(=O)C(C)c1ccc(F)c2ccccc12. The Labute approximate surface area is 174 Å². The Balaban J connectivity index is 1.91. The first-order chi connectivity index (χ1) is 14.4. The Morgan fingerprint density at radius 3 is 2.57 bits per heavy atom. The van der Waals surface area contributed by atoms with E-state index in [0.717, 1.165) is 0 Å². The predicted molar refractivity (Wildman–Crippen MR) is 113 cm³/mol. The smallest absolute Gasteiger partial charge is 0.311 e. The number of carbonyl (C=O) groups is 2. The minimum Gasteiger partial charge on any atom is -0.424 e. The Hall–Kier alpha value is -3.72. The molecule has 1 unspecified atom stereocenters. The number of amides is 1. The number of esters is 1. The first-order valence-electron chi connectivity index (χ1n) is 9.67. The minimum atomic E-state index is -0.611. The van der Waals surface area contributed by atoms with Crippen LogP contribution in [0.3, 0.4) is 0 Å². The zero-order valence-corrected chi connectivity index (χ0v) is 16.7. The molecule has 1 atom stereocenters. The lowest BCUT2D eigenvalue weighted by molar-refractivity contribution is -0.134. The third-order valence-electron chi connectivity index (χ3n) is 4.81. The maximum absolute atomic E-state index is 14.1. The van der Waals surface area contributed by atoms with Gasteiger partial charge in [-0.15, -0.1) is 0 Å². The van der Waals surface area contributed by atoms with Gasteiger partial charge in [0.05, 0.1) is 23.2 Å². The molecule has 1 amide bonds. The topological polar surface area (TPSA) is 79.2 Å². The lowest BCUT2D eigenvalue weighted by Crippen LogP contribution is -2.20. The van der Waals surface area contributed by atoms with Crippen LogP contribution in [0, 0.1) is 17.1 Å². The molecule has 0 fully saturated rings. The van der Waals surface area contributed by atoms with E-state index in [1.165, 1.54) is 24.3 Å². The van der Waals surface area contributed by atoms with Gasteiger partial charge in [0, 0.05) is 11.8 Å². The number of nitrogens with one attached hydrogen (secondary N) is 1. The normalized spacial score (nSPS) is 11.5. The second kappa shape index (κ2) is 9.19. The molecule has 0 bridgehead atoms. The third-order valence-corrected chi connectivity index (χ3v) is 4.81.